The van der Waals surface area contributed by atoms with Crippen molar-refractivity contribution < 1.29 is 18.3 Å². The van der Waals surface area contributed by atoms with Crippen molar-refractivity contribution in [3.63, 3.8) is 0 Å². The minimum atomic E-state index is -2.88. The van der Waals surface area contributed by atoms with Gasteiger partial charge < -0.3 is 20.9 Å². The fraction of sp³-hybridized carbons (Fsp3) is 0.571. The van der Waals surface area contributed by atoms with Crippen LogP contribution < -0.4 is 20.9 Å². The average molecular weight is 408 g/mol. The Morgan fingerprint density at radius 3 is 2.62 bits per heavy atom. The van der Waals surface area contributed by atoms with Crippen LogP contribution in [0.2, 0.25) is 0 Å². The molecule has 1 atom stereocenters. The first-order chi connectivity index (χ1) is 13.8. The molecule has 1 unspecified atom stereocenters. The third-order valence-electron chi connectivity index (χ3n) is 5.73. The van der Waals surface area contributed by atoms with Crippen molar-refractivity contribution in [1.29, 1.82) is 0 Å². The molecule has 160 valence electrons. The number of hydrogen-bond donors (Lipinski definition) is 2. The van der Waals surface area contributed by atoms with Gasteiger partial charge in [0.05, 0.1) is 12.1 Å². The van der Waals surface area contributed by atoms with E-state index in [0.29, 0.717) is 24.1 Å². The summed E-state index contributed by atoms with van der Waals surface area (Å²) < 4.78 is 35.1. The molecule has 8 heteroatoms. The molecule has 29 heavy (non-hydrogen) atoms. The molecular weight excluding hydrogens is 378 g/mol. The summed E-state index contributed by atoms with van der Waals surface area (Å²) in [6.07, 6.45) is 4.52. The van der Waals surface area contributed by atoms with E-state index >= 15 is 0 Å². The van der Waals surface area contributed by atoms with E-state index in [1.54, 1.807) is 12.1 Å². The van der Waals surface area contributed by atoms with Gasteiger partial charge in [0, 0.05) is 12.8 Å². The van der Waals surface area contributed by atoms with Gasteiger partial charge in [0.1, 0.15) is 5.82 Å². The molecule has 1 aromatic rings. The predicted molar refractivity (Wildman–Crippen MR) is 109 cm³/mol. The van der Waals surface area contributed by atoms with Crippen LogP contribution in [0.3, 0.4) is 0 Å². The van der Waals surface area contributed by atoms with Gasteiger partial charge in [-0.05, 0) is 75.4 Å². The Labute approximate surface area is 170 Å². The molecule has 3 rings (SSSR count). The molecule has 2 aliphatic rings. The number of alkyl halides is 2. The predicted octanol–water partition coefficient (Wildman–Crippen LogP) is 3.26. The Balaban J connectivity index is 1.59. The molecule has 2 aliphatic heterocycles. The zero-order valence-electron chi connectivity index (χ0n) is 17.0. The lowest BCUT2D eigenvalue weighted by Gasteiger charge is -2.42. The molecule has 0 aromatic heterocycles. The molecule has 1 aromatic carbocycles. The summed E-state index contributed by atoms with van der Waals surface area (Å²) in [4.78, 5) is 6.64. The highest BCUT2D eigenvalue weighted by Crippen LogP contribution is 2.34. The number of hydrogen-bond acceptors (Lipinski definition) is 6. The normalized spacial score (nSPS) is 23.7. The smallest absolute Gasteiger partial charge is 0.387 e. The van der Waals surface area contributed by atoms with Crippen LogP contribution in [0.1, 0.15) is 38.7 Å². The summed E-state index contributed by atoms with van der Waals surface area (Å²) in [5.74, 6) is 1.34. The van der Waals surface area contributed by atoms with Gasteiger partial charge in [-0.1, -0.05) is 6.07 Å². The molecule has 1 saturated heterocycles. The number of halogens is 2. The van der Waals surface area contributed by atoms with Crippen molar-refractivity contribution in [2.45, 2.75) is 51.8 Å². The quantitative estimate of drug-likeness (QED) is 0.723. The van der Waals surface area contributed by atoms with E-state index in [1.807, 2.05) is 26.1 Å². The standard InChI is InChI=1S/C21H30F2N4O2/c1-3-28-18-10-15(4-5-17(18)29-20(22)23)12-27-8-6-16(7-9-27)21(25)11-14(2)19(24)26-13-21/h4-5,10,13,16,20H,3,6-9,11-12,24-25H2,1-2H3. The van der Waals surface area contributed by atoms with Gasteiger partial charge in [-0.3, -0.25) is 4.90 Å². The molecule has 0 spiro atoms. The van der Waals surface area contributed by atoms with Crippen LogP contribution in [0.25, 0.3) is 0 Å². The zero-order valence-corrected chi connectivity index (χ0v) is 17.0. The molecule has 0 bridgehead atoms. The summed E-state index contributed by atoms with van der Waals surface area (Å²) in [7, 11) is 0. The number of nitrogens with two attached hydrogens (primary N) is 2. The lowest BCUT2D eigenvalue weighted by Crippen LogP contribution is -2.53. The van der Waals surface area contributed by atoms with Gasteiger partial charge in [0.2, 0.25) is 0 Å². The largest absolute Gasteiger partial charge is 0.490 e. The third-order valence-corrected chi connectivity index (χ3v) is 5.73. The second-order valence-corrected chi connectivity index (χ2v) is 7.86. The number of rotatable bonds is 7. The molecule has 0 amide bonds. The Bertz CT molecular complexity index is 776. The first-order valence-corrected chi connectivity index (χ1v) is 10.0. The van der Waals surface area contributed by atoms with E-state index in [4.69, 9.17) is 16.2 Å². The van der Waals surface area contributed by atoms with Crippen LogP contribution >= 0.6 is 0 Å². The molecule has 2 heterocycles. The SMILES string of the molecule is CCOc1cc(CN2CCC(C3(N)C=NC(N)=C(C)C3)CC2)ccc1OC(F)F. The Morgan fingerprint density at radius 2 is 2.00 bits per heavy atom. The van der Waals surface area contributed by atoms with Crippen LogP contribution in [0.5, 0.6) is 11.5 Å². The fourth-order valence-corrected chi connectivity index (χ4v) is 4.14. The van der Waals surface area contributed by atoms with Crippen LogP contribution in [0, 0.1) is 5.92 Å². The molecule has 1 fully saturated rings. The van der Waals surface area contributed by atoms with Gasteiger partial charge in [-0.25, -0.2) is 4.99 Å². The average Bonchev–Trinajstić information content (AvgIpc) is 2.67. The van der Waals surface area contributed by atoms with Gasteiger partial charge in [-0.2, -0.15) is 8.78 Å². The van der Waals surface area contributed by atoms with Crippen molar-refractivity contribution in [3.05, 3.63) is 35.2 Å². The minimum absolute atomic E-state index is 0.0636. The highest BCUT2D eigenvalue weighted by Gasteiger charge is 2.37. The Morgan fingerprint density at radius 1 is 1.28 bits per heavy atom. The maximum Gasteiger partial charge on any atom is 0.387 e. The third kappa shape index (κ3) is 5.25. The topological polar surface area (TPSA) is 86.1 Å². The summed E-state index contributed by atoms with van der Waals surface area (Å²) in [6, 6.07) is 5.13. The van der Waals surface area contributed by atoms with Crippen LogP contribution in [-0.2, 0) is 6.54 Å². The van der Waals surface area contributed by atoms with E-state index in [-0.39, 0.29) is 5.75 Å². The van der Waals surface area contributed by atoms with Crippen LogP contribution in [-0.4, -0.2) is 43.0 Å². The zero-order chi connectivity index (χ0) is 21.0. The van der Waals surface area contributed by atoms with Crippen molar-refractivity contribution in [2.24, 2.45) is 22.4 Å². The number of likely N-dealkylation sites (tertiary alicyclic amines) is 1. The number of ether oxygens (including phenoxy) is 2. The van der Waals surface area contributed by atoms with Crippen LogP contribution in [0.4, 0.5) is 8.78 Å². The number of aliphatic imine (C=N–C) groups is 1. The Kier molecular flexibility index (Phi) is 6.74. The maximum absolute atomic E-state index is 12.6. The first-order valence-electron chi connectivity index (χ1n) is 10.0. The van der Waals surface area contributed by atoms with E-state index in [1.165, 1.54) is 0 Å². The second kappa shape index (κ2) is 9.09. The molecular formula is C21H30F2N4O2. The fourth-order valence-electron chi connectivity index (χ4n) is 4.14. The summed E-state index contributed by atoms with van der Waals surface area (Å²) in [5, 5.41) is 0. The summed E-state index contributed by atoms with van der Waals surface area (Å²) >= 11 is 0. The van der Waals surface area contributed by atoms with Crippen molar-refractivity contribution in [1.82, 2.24) is 4.90 Å². The van der Waals surface area contributed by atoms with E-state index in [0.717, 1.165) is 50.0 Å². The van der Waals surface area contributed by atoms with E-state index in [2.05, 4.69) is 14.6 Å². The Hall–Kier alpha value is -2.19. The first kappa shape index (κ1) is 21.5. The van der Waals surface area contributed by atoms with Crippen LogP contribution in [0.15, 0.2) is 34.6 Å². The molecule has 0 saturated carbocycles. The lowest BCUT2D eigenvalue weighted by molar-refractivity contribution is -0.0514. The van der Waals surface area contributed by atoms with Gasteiger partial charge in [-0.15, -0.1) is 0 Å². The monoisotopic (exact) mass is 408 g/mol. The van der Waals surface area contributed by atoms with E-state index in [9.17, 15) is 8.78 Å². The van der Waals surface area contributed by atoms with E-state index < -0.39 is 12.2 Å². The van der Waals surface area contributed by atoms with Gasteiger partial charge in [0.15, 0.2) is 11.5 Å². The lowest BCUT2D eigenvalue weighted by atomic mass is 9.74. The number of benzene rings is 1. The molecule has 0 radical (unpaired) electrons. The minimum Gasteiger partial charge on any atom is -0.490 e. The highest BCUT2D eigenvalue weighted by atomic mass is 19.3. The van der Waals surface area contributed by atoms with Gasteiger partial charge in [0.25, 0.3) is 0 Å². The van der Waals surface area contributed by atoms with Crippen molar-refractivity contribution in [3.8, 4) is 11.5 Å². The van der Waals surface area contributed by atoms with Crippen molar-refractivity contribution >= 4 is 6.21 Å². The summed E-state index contributed by atoms with van der Waals surface area (Å²) in [6.45, 7) is 3.85. The van der Waals surface area contributed by atoms with Gasteiger partial charge >= 0.3 is 6.61 Å². The molecule has 6 nitrogen and oxygen atoms in total. The summed E-state index contributed by atoms with van der Waals surface area (Å²) in [5.41, 5.74) is 14.1. The molecule has 0 aliphatic carbocycles. The highest BCUT2D eigenvalue weighted by molar-refractivity contribution is 5.74. The molecule has 4 N–H and O–H groups in total. The second-order valence-electron chi connectivity index (χ2n) is 7.86. The number of piperidine rings is 1. The number of nitrogens with zero attached hydrogens (tertiary/aromatic N) is 2. The van der Waals surface area contributed by atoms with Crippen molar-refractivity contribution in [2.75, 3.05) is 19.7 Å². The maximum atomic E-state index is 12.6.